The van der Waals surface area contributed by atoms with Gasteiger partial charge < -0.3 is 20.1 Å². The lowest BCUT2D eigenvalue weighted by Crippen LogP contribution is -2.48. The largest absolute Gasteiger partial charge is 0.369 e. The number of anilines is 1. The third-order valence-corrected chi connectivity index (χ3v) is 6.44. The van der Waals surface area contributed by atoms with Gasteiger partial charge >= 0.3 is 0 Å². The zero-order valence-electron chi connectivity index (χ0n) is 18.4. The van der Waals surface area contributed by atoms with Crippen LogP contribution < -0.4 is 15.5 Å². The molecule has 1 aliphatic carbocycles. The van der Waals surface area contributed by atoms with Gasteiger partial charge in [-0.25, -0.2) is 4.99 Å². The van der Waals surface area contributed by atoms with Crippen LogP contribution in [0.3, 0.4) is 0 Å². The first kappa shape index (κ1) is 24.1. The van der Waals surface area contributed by atoms with E-state index >= 15 is 0 Å². The number of hydrogen-bond acceptors (Lipinski definition) is 4. The molecule has 7 nitrogen and oxygen atoms in total. The third-order valence-electron chi connectivity index (χ3n) is 6.21. The molecule has 1 aliphatic heterocycles. The van der Waals surface area contributed by atoms with Gasteiger partial charge in [0, 0.05) is 42.9 Å². The van der Waals surface area contributed by atoms with Gasteiger partial charge in [0.2, 0.25) is 0 Å². The Kier molecular flexibility index (Phi) is 8.83. The molecule has 1 atom stereocenters. The van der Waals surface area contributed by atoms with Gasteiger partial charge in [0.25, 0.3) is 0 Å². The van der Waals surface area contributed by atoms with Crippen LogP contribution >= 0.6 is 35.6 Å². The van der Waals surface area contributed by atoms with Crippen LogP contribution in [0.25, 0.3) is 0 Å². The van der Waals surface area contributed by atoms with Crippen molar-refractivity contribution in [3.8, 4) is 0 Å². The molecule has 2 aliphatic rings. The van der Waals surface area contributed by atoms with Crippen molar-refractivity contribution in [2.24, 2.45) is 12.0 Å². The summed E-state index contributed by atoms with van der Waals surface area (Å²) in [6.07, 6.45) is 7.42. The fourth-order valence-electron chi connectivity index (χ4n) is 4.29. The molecular weight excluding hydrogens is 525 g/mol. The average molecular weight is 558 g/mol. The Morgan fingerprint density at radius 2 is 1.90 bits per heavy atom. The van der Waals surface area contributed by atoms with Crippen molar-refractivity contribution in [2.75, 3.05) is 18.0 Å². The minimum absolute atomic E-state index is 0. The van der Waals surface area contributed by atoms with Crippen molar-refractivity contribution in [3.05, 3.63) is 40.9 Å². The Morgan fingerprint density at radius 1 is 1.13 bits per heavy atom. The van der Waals surface area contributed by atoms with Crippen molar-refractivity contribution < 1.29 is 0 Å². The quantitative estimate of drug-likeness (QED) is 0.330. The van der Waals surface area contributed by atoms with Crippen molar-refractivity contribution in [1.82, 2.24) is 25.4 Å². The van der Waals surface area contributed by atoms with Gasteiger partial charge in [-0.15, -0.1) is 34.2 Å². The Labute approximate surface area is 207 Å². The normalized spacial score (nSPS) is 19.9. The highest BCUT2D eigenvalue weighted by molar-refractivity contribution is 14.0. The zero-order valence-corrected chi connectivity index (χ0v) is 21.4. The van der Waals surface area contributed by atoms with Gasteiger partial charge in [-0.3, -0.25) is 0 Å². The minimum atomic E-state index is 0. The van der Waals surface area contributed by atoms with E-state index in [0.29, 0.717) is 18.6 Å². The maximum Gasteiger partial charge on any atom is 0.192 e. The summed E-state index contributed by atoms with van der Waals surface area (Å²) in [7, 11) is 1.99. The lowest BCUT2D eigenvalue weighted by molar-refractivity contribution is 0.408. The second-order valence-corrected chi connectivity index (χ2v) is 8.86. The highest BCUT2D eigenvalue weighted by atomic mass is 127. The number of halogens is 2. The van der Waals surface area contributed by atoms with Crippen LogP contribution in [-0.4, -0.2) is 45.9 Å². The number of rotatable bonds is 5. The van der Waals surface area contributed by atoms with Gasteiger partial charge in [0.15, 0.2) is 11.8 Å². The third kappa shape index (κ3) is 6.47. The maximum absolute atomic E-state index is 6.18. The van der Waals surface area contributed by atoms with Crippen LogP contribution in [0.2, 0.25) is 5.02 Å². The first-order valence-corrected chi connectivity index (χ1v) is 11.4. The fourth-order valence-corrected chi connectivity index (χ4v) is 4.47. The van der Waals surface area contributed by atoms with E-state index in [1.54, 1.807) is 0 Å². The Hall–Kier alpha value is -1.55. The van der Waals surface area contributed by atoms with Crippen molar-refractivity contribution >= 4 is 47.2 Å². The first-order valence-electron chi connectivity index (χ1n) is 11.0. The number of nitrogens with one attached hydrogen (secondary N) is 2. The lowest BCUT2D eigenvalue weighted by Gasteiger charge is -2.27. The van der Waals surface area contributed by atoms with Gasteiger partial charge in [-0.1, -0.05) is 36.9 Å². The Morgan fingerprint density at radius 3 is 2.61 bits per heavy atom. The number of aliphatic imine (C=N–C) groups is 1. The van der Waals surface area contributed by atoms with E-state index in [1.807, 2.05) is 36.7 Å². The van der Waals surface area contributed by atoms with E-state index < -0.39 is 0 Å². The molecule has 2 N–H and O–H groups in total. The molecule has 2 aromatic rings. The maximum atomic E-state index is 6.18. The summed E-state index contributed by atoms with van der Waals surface area (Å²) in [5.74, 6) is 2.67. The van der Waals surface area contributed by atoms with Crippen molar-refractivity contribution in [3.63, 3.8) is 0 Å². The molecular formula is C22H33ClIN7. The molecule has 170 valence electrons. The van der Waals surface area contributed by atoms with Crippen LogP contribution in [0, 0.1) is 6.92 Å². The smallest absolute Gasteiger partial charge is 0.192 e. The van der Waals surface area contributed by atoms with E-state index in [-0.39, 0.29) is 24.0 Å². The molecule has 0 bridgehead atoms. The van der Waals surface area contributed by atoms with Gasteiger partial charge in [0.05, 0.1) is 0 Å². The van der Waals surface area contributed by atoms with E-state index in [0.717, 1.165) is 42.1 Å². The molecule has 1 saturated carbocycles. The van der Waals surface area contributed by atoms with Gasteiger partial charge in [0.1, 0.15) is 12.4 Å². The van der Waals surface area contributed by atoms with E-state index in [4.69, 9.17) is 16.6 Å². The van der Waals surface area contributed by atoms with Crippen molar-refractivity contribution in [2.45, 2.75) is 64.1 Å². The average Bonchev–Trinajstić information content (AvgIpc) is 3.34. The number of benzene rings is 1. The standard InChI is InChI=1S/C22H32ClN7.HI/c1-16-27-28-21(29(16)2)14-24-22(25-18-8-4-3-5-9-18)26-19-11-12-30(15-19)20-10-6-7-17(23)13-20;/h6-7,10,13,18-19H,3-5,8-9,11-12,14-15H2,1-2H3,(H2,24,25,26);1H. The van der Waals surface area contributed by atoms with Crippen molar-refractivity contribution in [1.29, 1.82) is 0 Å². The summed E-state index contributed by atoms with van der Waals surface area (Å²) in [6.45, 7) is 4.43. The second kappa shape index (κ2) is 11.4. The summed E-state index contributed by atoms with van der Waals surface area (Å²) in [5.41, 5.74) is 1.18. The summed E-state index contributed by atoms with van der Waals surface area (Å²) in [5, 5.41) is 16.6. The van der Waals surface area contributed by atoms with Crippen LogP contribution in [0.1, 0.15) is 50.2 Å². The monoisotopic (exact) mass is 557 g/mol. The van der Waals surface area contributed by atoms with Crippen LogP contribution in [0.4, 0.5) is 5.69 Å². The molecule has 1 aromatic carbocycles. The number of aryl methyl sites for hydroxylation is 1. The molecule has 1 aromatic heterocycles. The molecule has 4 rings (SSSR count). The summed E-state index contributed by atoms with van der Waals surface area (Å²) >= 11 is 6.18. The van der Waals surface area contributed by atoms with Crippen LogP contribution in [0.15, 0.2) is 29.3 Å². The summed E-state index contributed by atoms with van der Waals surface area (Å²) < 4.78 is 2.00. The molecule has 0 radical (unpaired) electrons. The number of hydrogen-bond donors (Lipinski definition) is 2. The van der Waals surface area contributed by atoms with E-state index in [2.05, 4.69) is 31.8 Å². The lowest BCUT2D eigenvalue weighted by atomic mass is 9.96. The zero-order chi connectivity index (χ0) is 20.9. The fraction of sp³-hybridized carbons (Fsp3) is 0.591. The predicted octanol–water partition coefficient (Wildman–Crippen LogP) is 4.04. The van der Waals surface area contributed by atoms with Crippen LogP contribution in [-0.2, 0) is 13.6 Å². The molecule has 31 heavy (non-hydrogen) atoms. The summed E-state index contributed by atoms with van der Waals surface area (Å²) in [6, 6.07) is 8.94. The van der Waals surface area contributed by atoms with E-state index in [1.165, 1.54) is 37.8 Å². The highest BCUT2D eigenvalue weighted by Gasteiger charge is 2.25. The number of aromatic nitrogens is 3. The molecule has 1 unspecified atom stereocenters. The Bertz CT molecular complexity index is 878. The molecule has 0 amide bonds. The molecule has 0 spiro atoms. The van der Waals surface area contributed by atoms with Crippen LogP contribution in [0.5, 0.6) is 0 Å². The highest BCUT2D eigenvalue weighted by Crippen LogP contribution is 2.23. The van der Waals surface area contributed by atoms with E-state index in [9.17, 15) is 0 Å². The predicted molar refractivity (Wildman–Crippen MR) is 138 cm³/mol. The molecule has 1 saturated heterocycles. The van der Waals surface area contributed by atoms with Gasteiger partial charge in [-0.05, 0) is 44.4 Å². The number of guanidine groups is 1. The molecule has 9 heteroatoms. The second-order valence-electron chi connectivity index (χ2n) is 8.42. The SMILES string of the molecule is Cc1nnc(CN=C(NC2CCCCC2)NC2CCN(c3cccc(Cl)c3)C2)n1C.I. The molecule has 2 heterocycles. The van der Waals surface area contributed by atoms with Gasteiger partial charge in [-0.2, -0.15) is 0 Å². The Balaban J connectivity index is 0.00000272. The minimum Gasteiger partial charge on any atom is -0.369 e. The summed E-state index contributed by atoms with van der Waals surface area (Å²) in [4.78, 5) is 7.25. The first-order chi connectivity index (χ1) is 14.6. The topological polar surface area (TPSA) is 70.4 Å². The number of nitrogens with zero attached hydrogens (tertiary/aromatic N) is 5. The molecule has 2 fully saturated rings.